The first-order valence-electron chi connectivity index (χ1n) is 6.94. The number of amides is 1. The van der Waals surface area contributed by atoms with Crippen LogP contribution in [0.3, 0.4) is 0 Å². The number of nitrogens with two attached hydrogens (primary N) is 1. The molecule has 3 rings (SSSR count). The Bertz CT molecular complexity index is 874. The van der Waals surface area contributed by atoms with E-state index in [-0.39, 0.29) is 5.91 Å². The Balaban J connectivity index is 1.92. The number of benzene rings is 1. The van der Waals surface area contributed by atoms with Gasteiger partial charge in [0.1, 0.15) is 0 Å². The normalized spacial score (nSPS) is 10.6. The van der Waals surface area contributed by atoms with Crippen molar-refractivity contribution < 1.29 is 4.79 Å². The van der Waals surface area contributed by atoms with Crippen LogP contribution in [0, 0.1) is 13.8 Å². The lowest BCUT2D eigenvalue weighted by Gasteiger charge is -2.09. The number of anilines is 2. The van der Waals surface area contributed by atoms with Crippen molar-refractivity contribution in [3.8, 4) is 0 Å². The molecule has 5 heteroatoms. The highest BCUT2D eigenvalue weighted by molar-refractivity contribution is 6.06. The van der Waals surface area contributed by atoms with Crippen molar-refractivity contribution in [1.82, 2.24) is 9.97 Å². The summed E-state index contributed by atoms with van der Waals surface area (Å²) in [5.74, 6) is -0.196. The molecule has 0 fully saturated rings. The van der Waals surface area contributed by atoms with Gasteiger partial charge in [0.05, 0.1) is 28.8 Å². The van der Waals surface area contributed by atoms with Gasteiger partial charge in [0.25, 0.3) is 5.91 Å². The number of rotatable bonds is 2. The third kappa shape index (κ3) is 2.74. The molecule has 0 bridgehead atoms. The highest BCUT2D eigenvalue weighted by atomic mass is 16.1. The zero-order valence-electron chi connectivity index (χ0n) is 12.4. The van der Waals surface area contributed by atoms with Crippen LogP contribution in [0.25, 0.3) is 10.9 Å². The summed E-state index contributed by atoms with van der Waals surface area (Å²) in [4.78, 5) is 21.0. The number of hydrogen-bond acceptors (Lipinski definition) is 4. The Morgan fingerprint density at radius 2 is 1.95 bits per heavy atom. The SMILES string of the molecule is Cc1ccc2cc(C(=O)Nc3cc(N)cnc3C)ccc2n1. The summed E-state index contributed by atoms with van der Waals surface area (Å²) in [5.41, 5.74) is 9.95. The Hall–Kier alpha value is -2.95. The smallest absolute Gasteiger partial charge is 0.255 e. The summed E-state index contributed by atoms with van der Waals surface area (Å²) in [7, 11) is 0. The molecule has 0 aliphatic carbocycles. The fraction of sp³-hybridized carbons (Fsp3) is 0.118. The molecule has 0 atom stereocenters. The second-order valence-electron chi connectivity index (χ2n) is 5.22. The highest BCUT2D eigenvalue weighted by Gasteiger charge is 2.10. The molecule has 22 heavy (non-hydrogen) atoms. The minimum atomic E-state index is -0.196. The number of nitrogen functional groups attached to an aromatic ring is 1. The maximum atomic E-state index is 12.4. The average molecular weight is 292 g/mol. The van der Waals surface area contributed by atoms with Gasteiger partial charge in [-0.15, -0.1) is 0 Å². The van der Waals surface area contributed by atoms with E-state index in [1.165, 1.54) is 0 Å². The van der Waals surface area contributed by atoms with E-state index in [1.807, 2.05) is 38.1 Å². The number of aryl methyl sites for hydroxylation is 2. The zero-order chi connectivity index (χ0) is 15.7. The van der Waals surface area contributed by atoms with Gasteiger partial charge >= 0.3 is 0 Å². The number of hydrogen-bond donors (Lipinski definition) is 2. The summed E-state index contributed by atoms with van der Waals surface area (Å²) < 4.78 is 0. The standard InChI is InChI=1S/C17H16N4O/c1-10-3-4-12-7-13(5-6-15(12)20-10)17(22)21-16-8-14(18)9-19-11(16)2/h3-9H,18H2,1-2H3,(H,21,22). The number of carbonyl (C=O) groups is 1. The van der Waals surface area contributed by atoms with Gasteiger partial charge in [-0.25, -0.2) is 0 Å². The third-order valence-electron chi connectivity index (χ3n) is 3.45. The van der Waals surface area contributed by atoms with Gasteiger partial charge in [-0.05, 0) is 44.2 Å². The van der Waals surface area contributed by atoms with E-state index in [4.69, 9.17) is 5.73 Å². The number of nitrogens with one attached hydrogen (secondary N) is 1. The second kappa shape index (κ2) is 5.44. The molecule has 1 amide bonds. The van der Waals surface area contributed by atoms with Crippen LogP contribution < -0.4 is 11.1 Å². The minimum Gasteiger partial charge on any atom is -0.397 e. The van der Waals surface area contributed by atoms with Crippen LogP contribution in [0.15, 0.2) is 42.6 Å². The van der Waals surface area contributed by atoms with Gasteiger partial charge in [-0.1, -0.05) is 6.07 Å². The predicted molar refractivity (Wildman–Crippen MR) is 87.8 cm³/mol. The van der Waals surface area contributed by atoms with Gasteiger partial charge < -0.3 is 11.1 Å². The first kappa shape index (κ1) is 14.0. The molecule has 0 saturated carbocycles. The summed E-state index contributed by atoms with van der Waals surface area (Å²) in [6, 6.07) is 11.0. The lowest BCUT2D eigenvalue weighted by Crippen LogP contribution is -2.13. The summed E-state index contributed by atoms with van der Waals surface area (Å²) >= 11 is 0. The molecule has 0 radical (unpaired) electrons. The number of fused-ring (bicyclic) bond motifs is 1. The zero-order valence-corrected chi connectivity index (χ0v) is 12.4. The average Bonchev–Trinajstić information content (AvgIpc) is 2.50. The number of carbonyl (C=O) groups excluding carboxylic acids is 1. The van der Waals surface area contributed by atoms with E-state index in [9.17, 15) is 4.79 Å². The maximum absolute atomic E-state index is 12.4. The topological polar surface area (TPSA) is 80.9 Å². The number of aromatic nitrogens is 2. The first-order valence-corrected chi connectivity index (χ1v) is 6.94. The lowest BCUT2D eigenvalue weighted by molar-refractivity contribution is 0.102. The molecule has 1 aromatic carbocycles. The largest absolute Gasteiger partial charge is 0.397 e. The van der Waals surface area contributed by atoms with E-state index in [0.29, 0.717) is 16.9 Å². The van der Waals surface area contributed by atoms with E-state index in [0.717, 1.165) is 22.3 Å². The molecule has 0 aliphatic heterocycles. The third-order valence-corrected chi connectivity index (χ3v) is 3.45. The Morgan fingerprint density at radius 1 is 1.14 bits per heavy atom. The first-order chi connectivity index (χ1) is 10.5. The van der Waals surface area contributed by atoms with E-state index >= 15 is 0 Å². The number of nitrogens with zero attached hydrogens (tertiary/aromatic N) is 2. The summed E-state index contributed by atoms with van der Waals surface area (Å²) in [6.07, 6.45) is 1.56. The molecule has 0 saturated heterocycles. The molecule has 5 nitrogen and oxygen atoms in total. The Kier molecular flexibility index (Phi) is 3.47. The van der Waals surface area contributed by atoms with E-state index < -0.39 is 0 Å². The number of pyridine rings is 2. The van der Waals surface area contributed by atoms with Gasteiger partial charge in [0.15, 0.2) is 0 Å². The summed E-state index contributed by atoms with van der Waals surface area (Å²) in [5, 5.41) is 3.77. The molecule has 3 aromatic rings. The van der Waals surface area contributed by atoms with E-state index in [1.54, 1.807) is 18.3 Å². The van der Waals surface area contributed by atoms with Gasteiger partial charge in [0, 0.05) is 16.6 Å². The molecule has 0 unspecified atom stereocenters. The van der Waals surface area contributed by atoms with Crippen LogP contribution >= 0.6 is 0 Å². The lowest BCUT2D eigenvalue weighted by atomic mass is 10.1. The van der Waals surface area contributed by atoms with Gasteiger partial charge in [-0.2, -0.15) is 0 Å². The minimum absolute atomic E-state index is 0.196. The highest BCUT2D eigenvalue weighted by Crippen LogP contribution is 2.19. The van der Waals surface area contributed by atoms with E-state index in [2.05, 4.69) is 15.3 Å². The molecule has 0 spiro atoms. The maximum Gasteiger partial charge on any atom is 0.255 e. The van der Waals surface area contributed by atoms with Crippen molar-refractivity contribution in [2.24, 2.45) is 0 Å². The van der Waals surface area contributed by atoms with Crippen LogP contribution in [-0.2, 0) is 0 Å². The fourth-order valence-electron chi connectivity index (χ4n) is 2.24. The van der Waals surface area contributed by atoms with Gasteiger partial charge in [0.2, 0.25) is 0 Å². The van der Waals surface area contributed by atoms with Crippen LogP contribution in [-0.4, -0.2) is 15.9 Å². The van der Waals surface area contributed by atoms with Crippen molar-refractivity contribution in [2.75, 3.05) is 11.1 Å². The van der Waals surface area contributed by atoms with Crippen LogP contribution in [0.1, 0.15) is 21.7 Å². The van der Waals surface area contributed by atoms with Crippen LogP contribution in [0.5, 0.6) is 0 Å². The molecule has 3 N–H and O–H groups in total. The molecular weight excluding hydrogens is 276 g/mol. The fourth-order valence-corrected chi connectivity index (χ4v) is 2.24. The van der Waals surface area contributed by atoms with Gasteiger partial charge in [-0.3, -0.25) is 14.8 Å². The van der Waals surface area contributed by atoms with Crippen molar-refractivity contribution >= 4 is 28.2 Å². The summed E-state index contributed by atoms with van der Waals surface area (Å²) in [6.45, 7) is 3.76. The van der Waals surface area contributed by atoms with Crippen molar-refractivity contribution in [2.45, 2.75) is 13.8 Å². The van der Waals surface area contributed by atoms with Crippen molar-refractivity contribution in [3.05, 3.63) is 59.5 Å². The molecular formula is C17H16N4O. The Labute approximate surface area is 128 Å². The predicted octanol–water partition coefficient (Wildman–Crippen LogP) is 3.08. The molecule has 2 heterocycles. The quantitative estimate of drug-likeness (QED) is 0.760. The molecule has 110 valence electrons. The van der Waals surface area contributed by atoms with Crippen LogP contribution in [0.4, 0.5) is 11.4 Å². The molecule has 2 aromatic heterocycles. The molecule has 0 aliphatic rings. The second-order valence-corrected chi connectivity index (χ2v) is 5.22. The van der Waals surface area contributed by atoms with Crippen molar-refractivity contribution in [1.29, 1.82) is 0 Å². The van der Waals surface area contributed by atoms with Crippen LogP contribution in [0.2, 0.25) is 0 Å². The monoisotopic (exact) mass is 292 g/mol. The van der Waals surface area contributed by atoms with Crippen molar-refractivity contribution in [3.63, 3.8) is 0 Å². The Morgan fingerprint density at radius 3 is 2.77 bits per heavy atom.